The van der Waals surface area contributed by atoms with Crippen molar-refractivity contribution in [3.05, 3.63) is 72.3 Å². The van der Waals surface area contributed by atoms with Crippen LogP contribution in [0.3, 0.4) is 0 Å². The SMILES string of the molecule is Nc1ccc(SCc2cnn(-c3ccccc3)c2)cc1F. The van der Waals surface area contributed by atoms with Crippen LogP contribution in [0.1, 0.15) is 5.56 Å². The van der Waals surface area contributed by atoms with E-state index in [2.05, 4.69) is 5.10 Å². The van der Waals surface area contributed by atoms with E-state index in [0.717, 1.165) is 21.9 Å². The van der Waals surface area contributed by atoms with Crippen molar-refractivity contribution in [2.45, 2.75) is 10.6 Å². The zero-order valence-corrected chi connectivity index (χ0v) is 12.1. The van der Waals surface area contributed by atoms with Crippen LogP contribution < -0.4 is 5.73 Å². The van der Waals surface area contributed by atoms with Gasteiger partial charge in [0.2, 0.25) is 0 Å². The van der Waals surface area contributed by atoms with Crippen LogP contribution in [-0.4, -0.2) is 9.78 Å². The highest BCUT2D eigenvalue weighted by atomic mass is 32.2. The lowest BCUT2D eigenvalue weighted by molar-refractivity contribution is 0.629. The van der Waals surface area contributed by atoms with Crippen LogP contribution in [0.25, 0.3) is 5.69 Å². The molecule has 0 radical (unpaired) electrons. The third-order valence-electron chi connectivity index (χ3n) is 3.03. The molecule has 1 heterocycles. The summed E-state index contributed by atoms with van der Waals surface area (Å²) in [5.74, 6) is 0.357. The molecule has 0 aliphatic rings. The van der Waals surface area contributed by atoms with Gasteiger partial charge in [-0.15, -0.1) is 11.8 Å². The van der Waals surface area contributed by atoms with Crippen LogP contribution in [0.15, 0.2) is 65.8 Å². The highest BCUT2D eigenvalue weighted by molar-refractivity contribution is 7.98. The first-order chi connectivity index (χ1) is 10.2. The zero-order valence-electron chi connectivity index (χ0n) is 11.2. The molecule has 0 saturated carbocycles. The van der Waals surface area contributed by atoms with Crippen molar-refractivity contribution in [3.8, 4) is 5.69 Å². The minimum atomic E-state index is -0.375. The van der Waals surface area contributed by atoms with Crippen LogP contribution in [-0.2, 0) is 5.75 Å². The van der Waals surface area contributed by atoms with E-state index >= 15 is 0 Å². The summed E-state index contributed by atoms with van der Waals surface area (Å²) in [5.41, 5.74) is 7.75. The van der Waals surface area contributed by atoms with E-state index in [0.29, 0.717) is 0 Å². The van der Waals surface area contributed by atoms with Crippen LogP contribution in [0.5, 0.6) is 0 Å². The molecule has 0 aliphatic heterocycles. The Morgan fingerprint density at radius 3 is 2.71 bits per heavy atom. The van der Waals surface area contributed by atoms with Gasteiger partial charge < -0.3 is 5.73 Å². The fourth-order valence-corrected chi connectivity index (χ4v) is 2.75. The largest absolute Gasteiger partial charge is 0.396 e. The molecule has 0 saturated heterocycles. The highest BCUT2D eigenvalue weighted by Gasteiger charge is 2.04. The van der Waals surface area contributed by atoms with E-state index in [-0.39, 0.29) is 11.5 Å². The Bertz CT molecular complexity index is 740. The average molecular weight is 299 g/mol. The van der Waals surface area contributed by atoms with Crippen LogP contribution >= 0.6 is 11.8 Å². The molecule has 0 amide bonds. The van der Waals surface area contributed by atoms with Gasteiger partial charge in [0.1, 0.15) is 5.82 Å². The number of nitrogen functional groups attached to an aromatic ring is 1. The number of thioether (sulfide) groups is 1. The summed E-state index contributed by atoms with van der Waals surface area (Å²) < 4.78 is 15.2. The third-order valence-corrected chi connectivity index (χ3v) is 4.10. The maximum atomic E-state index is 13.4. The second-order valence-corrected chi connectivity index (χ2v) is 5.65. The number of para-hydroxylation sites is 1. The molecule has 0 atom stereocenters. The lowest BCUT2D eigenvalue weighted by Crippen LogP contribution is -1.92. The van der Waals surface area contributed by atoms with Crippen molar-refractivity contribution in [2.75, 3.05) is 5.73 Å². The minimum absolute atomic E-state index is 0.177. The number of nitrogens with zero attached hydrogens (tertiary/aromatic N) is 2. The van der Waals surface area contributed by atoms with E-state index < -0.39 is 0 Å². The predicted molar refractivity (Wildman–Crippen MR) is 83.9 cm³/mol. The fraction of sp³-hybridized carbons (Fsp3) is 0.0625. The van der Waals surface area contributed by atoms with Gasteiger partial charge in [-0.2, -0.15) is 5.10 Å². The number of halogens is 1. The smallest absolute Gasteiger partial charge is 0.147 e. The Hall–Kier alpha value is -2.27. The third kappa shape index (κ3) is 3.25. The number of anilines is 1. The molecule has 0 spiro atoms. The molecule has 106 valence electrons. The molecule has 3 aromatic rings. The molecule has 1 aromatic heterocycles. The molecule has 0 bridgehead atoms. The molecule has 21 heavy (non-hydrogen) atoms. The zero-order chi connectivity index (χ0) is 14.7. The molecule has 2 aromatic carbocycles. The summed E-state index contributed by atoms with van der Waals surface area (Å²) in [7, 11) is 0. The van der Waals surface area contributed by atoms with E-state index in [4.69, 9.17) is 5.73 Å². The first-order valence-corrected chi connectivity index (χ1v) is 7.48. The molecule has 3 rings (SSSR count). The maximum absolute atomic E-state index is 13.4. The second kappa shape index (κ2) is 6.01. The molecule has 3 nitrogen and oxygen atoms in total. The normalized spacial score (nSPS) is 10.7. The van der Waals surface area contributed by atoms with Gasteiger partial charge in [0.25, 0.3) is 0 Å². The Labute approximate surface area is 126 Å². The predicted octanol–water partition coefficient (Wildman–Crippen LogP) is 3.89. The van der Waals surface area contributed by atoms with Gasteiger partial charge in [0.15, 0.2) is 0 Å². The molecular formula is C16H14FN3S. The van der Waals surface area contributed by atoms with Gasteiger partial charge in [0.05, 0.1) is 17.6 Å². The van der Waals surface area contributed by atoms with Crippen molar-refractivity contribution in [1.82, 2.24) is 9.78 Å². The summed E-state index contributed by atoms with van der Waals surface area (Å²) in [6.07, 6.45) is 3.81. The van der Waals surface area contributed by atoms with Gasteiger partial charge in [-0.1, -0.05) is 18.2 Å². The van der Waals surface area contributed by atoms with E-state index in [1.54, 1.807) is 17.8 Å². The molecule has 5 heteroatoms. The standard InChI is InChI=1S/C16H14FN3S/c17-15-8-14(6-7-16(15)18)21-11-12-9-19-20(10-12)13-4-2-1-3-5-13/h1-10H,11,18H2. The molecule has 0 aliphatic carbocycles. The second-order valence-electron chi connectivity index (χ2n) is 4.60. The summed E-state index contributed by atoms with van der Waals surface area (Å²) in [4.78, 5) is 0.856. The lowest BCUT2D eigenvalue weighted by Gasteiger charge is -2.02. The Kier molecular flexibility index (Phi) is 3.92. The summed E-state index contributed by atoms with van der Waals surface area (Å²) in [5, 5.41) is 4.34. The van der Waals surface area contributed by atoms with E-state index in [1.807, 2.05) is 53.5 Å². The average Bonchev–Trinajstić information content (AvgIpc) is 2.98. The van der Waals surface area contributed by atoms with Gasteiger partial charge in [-0.3, -0.25) is 0 Å². The van der Waals surface area contributed by atoms with Crippen LogP contribution in [0, 0.1) is 5.82 Å². The first kappa shape index (κ1) is 13.7. The van der Waals surface area contributed by atoms with Gasteiger partial charge >= 0.3 is 0 Å². The Morgan fingerprint density at radius 1 is 1.14 bits per heavy atom. The summed E-state index contributed by atoms with van der Waals surface area (Å²) >= 11 is 1.56. The number of benzene rings is 2. The quantitative estimate of drug-likeness (QED) is 0.587. The van der Waals surface area contributed by atoms with Crippen molar-refractivity contribution in [3.63, 3.8) is 0 Å². The van der Waals surface area contributed by atoms with Gasteiger partial charge in [-0.05, 0) is 30.3 Å². The van der Waals surface area contributed by atoms with Gasteiger partial charge in [-0.25, -0.2) is 9.07 Å². The van der Waals surface area contributed by atoms with E-state index in [9.17, 15) is 4.39 Å². The van der Waals surface area contributed by atoms with Crippen molar-refractivity contribution in [1.29, 1.82) is 0 Å². The van der Waals surface area contributed by atoms with Gasteiger partial charge in [0, 0.05) is 22.4 Å². The molecule has 0 fully saturated rings. The van der Waals surface area contributed by atoms with Crippen molar-refractivity contribution < 1.29 is 4.39 Å². The van der Waals surface area contributed by atoms with E-state index in [1.165, 1.54) is 6.07 Å². The highest BCUT2D eigenvalue weighted by Crippen LogP contribution is 2.25. The number of nitrogens with two attached hydrogens (primary N) is 1. The Morgan fingerprint density at radius 2 is 1.95 bits per heavy atom. The molecular weight excluding hydrogens is 285 g/mol. The minimum Gasteiger partial charge on any atom is -0.396 e. The topological polar surface area (TPSA) is 43.8 Å². The number of aromatic nitrogens is 2. The van der Waals surface area contributed by atoms with Crippen molar-refractivity contribution >= 4 is 17.4 Å². The number of hydrogen-bond acceptors (Lipinski definition) is 3. The molecule has 0 unspecified atom stereocenters. The fourth-order valence-electron chi connectivity index (χ4n) is 1.92. The monoisotopic (exact) mass is 299 g/mol. The number of hydrogen-bond donors (Lipinski definition) is 1. The maximum Gasteiger partial charge on any atom is 0.147 e. The molecule has 2 N–H and O–H groups in total. The number of rotatable bonds is 4. The van der Waals surface area contributed by atoms with Crippen molar-refractivity contribution in [2.24, 2.45) is 0 Å². The Balaban J connectivity index is 1.69. The summed E-state index contributed by atoms with van der Waals surface area (Å²) in [6.45, 7) is 0. The first-order valence-electron chi connectivity index (χ1n) is 6.49. The summed E-state index contributed by atoms with van der Waals surface area (Å²) in [6, 6.07) is 14.8. The van der Waals surface area contributed by atoms with Crippen LogP contribution in [0.2, 0.25) is 0 Å². The van der Waals surface area contributed by atoms with Crippen LogP contribution in [0.4, 0.5) is 10.1 Å². The lowest BCUT2D eigenvalue weighted by atomic mass is 10.3.